The van der Waals surface area contributed by atoms with Gasteiger partial charge in [-0.05, 0) is 25.5 Å². The molecule has 1 aliphatic rings. The van der Waals surface area contributed by atoms with Crippen LogP contribution in [0.2, 0.25) is 0 Å². The van der Waals surface area contributed by atoms with Crippen molar-refractivity contribution in [2.75, 3.05) is 13.7 Å². The number of carbonyl (C=O) groups excluding carboxylic acids is 1. The highest BCUT2D eigenvalue weighted by Crippen LogP contribution is 2.18. The molecule has 18 heavy (non-hydrogen) atoms. The summed E-state index contributed by atoms with van der Waals surface area (Å²) in [5.41, 5.74) is 2.23. The highest BCUT2D eigenvalue weighted by Gasteiger charge is 2.22. The first-order chi connectivity index (χ1) is 8.74. The lowest BCUT2D eigenvalue weighted by Gasteiger charge is -2.14. The lowest BCUT2D eigenvalue weighted by atomic mass is 10.1. The van der Waals surface area contributed by atoms with Gasteiger partial charge >= 0.3 is 5.97 Å². The van der Waals surface area contributed by atoms with Crippen LogP contribution in [0.25, 0.3) is 0 Å². The minimum atomic E-state index is -0.284. The molecular formula is C13H17NO4. The fraction of sp³-hybridized carbons (Fsp3) is 0.538. The van der Waals surface area contributed by atoms with E-state index in [4.69, 9.17) is 14.2 Å². The molecule has 0 N–H and O–H groups in total. The molecule has 1 unspecified atom stereocenters. The third-order valence-electron chi connectivity index (χ3n) is 2.84. The Morgan fingerprint density at radius 3 is 3.06 bits per heavy atom. The van der Waals surface area contributed by atoms with Gasteiger partial charge in [0.2, 0.25) is 0 Å². The number of cyclic esters (lactones) is 1. The summed E-state index contributed by atoms with van der Waals surface area (Å²) >= 11 is 0. The van der Waals surface area contributed by atoms with Gasteiger partial charge in [-0.2, -0.15) is 0 Å². The van der Waals surface area contributed by atoms with Crippen molar-refractivity contribution >= 4 is 5.97 Å². The van der Waals surface area contributed by atoms with E-state index in [1.54, 1.807) is 13.2 Å². The number of aromatic nitrogens is 1. The molecule has 0 aromatic carbocycles. The number of pyridine rings is 1. The summed E-state index contributed by atoms with van der Waals surface area (Å²) in [5, 5.41) is 0. The van der Waals surface area contributed by atoms with Gasteiger partial charge in [0.05, 0.1) is 11.3 Å². The highest BCUT2D eigenvalue weighted by atomic mass is 16.7. The van der Waals surface area contributed by atoms with Crippen LogP contribution in [0, 0.1) is 0 Å². The maximum absolute atomic E-state index is 11.3. The Bertz CT molecular complexity index is 433. The molecular weight excluding hydrogens is 234 g/mol. The fourth-order valence-corrected chi connectivity index (χ4v) is 1.91. The number of esters is 1. The minimum absolute atomic E-state index is 0.206. The Morgan fingerprint density at radius 1 is 1.50 bits per heavy atom. The van der Waals surface area contributed by atoms with E-state index in [2.05, 4.69) is 4.98 Å². The number of methoxy groups -OCH3 is 1. The van der Waals surface area contributed by atoms with Crippen LogP contribution in [0.15, 0.2) is 12.1 Å². The summed E-state index contributed by atoms with van der Waals surface area (Å²) in [6, 6.07) is 3.62. The predicted octanol–water partition coefficient (Wildman–Crippen LogP) is 1.69. The number of hydrogen-bond donors (Lipinski definition) is 0. The maximum atomic E-state index is 11.3. The Morgan fingerprint density at radius 2 is 2.33 bits per heavy atom. The topological polar surface area (TPSA) is 57.7 Å². The summed E-state index contributed by atoms with van der Waals surface area (Å²) in [5.74, 6) is -0.284. The van der Waals surface area contributed by atoms with E-state index in [1.807, 2.05) is 13.0 Å². The van der Waals surface area contributed by atoms with Crippen molar-refractivity contribution in [1.82, 2.24) is 4.98 Å². The zero-order chi connectivity index (χ0) is 13.0. The number of carbonyl (C=O) groups is 1. The number of aryl methyl sites for hydroxylation is 1. The highest BCUT2D eigenvalue weighted by molar-refractivity contribution is 5.92. The molecule has 0 aliphatic carbocycles. The summed E-state index contributed by atoms with van der Waals surface area (Å²) in [6.45, 7) is 2.84. The number of rotatable bonds is 6. The van der Waals surface area contributed by atoms with Gasteiger partial charge in [0.15, 0.2) is 6.29 Å². The summed E-state index contributed by atoms with van der Waals surface area (Å²) in [7, 11) is 1.63. The Hall–Kier alpha value is -1.46. The molecule has 2 heterocycles. The summed E-state index contributed by atoms with van der Waals surface area (Å²) in [4.78, 5) is 15.7. The molecule has 0 bridgehead atoms. The van der Waals surface area contributed by atoms with Gasteiger partial charge in [0, 0.05) is 25.8 Å². The van der Waals surface area contributed by atoms with Gasteiger partial charge in [0.25, 0.3) is 0 Å². The normalized spacial score (nSPS) is 15.3. The van der Waals surface area contributed by atoms with Crippen LogP contribution in [0.5, 0.6) is 0 Å². The van der Waals surface area contributed by atoms with E-state index in [9.17, 15) is 4.79 Å². The lowest BCUT2D eigenvalue weighted by Crippen LogP contribution is -2.16. The first-order valence-electron chi connectivity index (χ1n) is 6.05. The van der Waals surface area contributed by atoms with E-state index in [1.165, 1.54) is 0 Å². The van der Waals surface area contributed by atoms with Gasteiger partial charge in [-0.3, -0.25) is 4.98 Å². The quantitative estimate of drug-likeness (QED) is 0.569. The molecule has 5 heteroatoms. The Labute approximate surface area is 106 Å². The van der Waals surface area contributed by atoms with Crippen molar-refractivity contribution < 1.29 is 19.0 Å². The summed E-state index contributed by atoms with van der Waals surface area (Å²) < 4.78 is 15.5. The van der Waals surface area contributed by atoms with E-state index in [0.29, 0.717) is 12.2 Å². The fourth-order valence-electron chi connectivity index (χ4n) is 1.91. The van der Waals surface area contributed by atoms with Gasteiger partial charge < -0.3 is 14.2 Å². The predicted molar refractivity (Wildman–Crippen MR) is 64.1 cm³/mol. The molecule has 1 aliphatic heterocycles. The van der Waals surface area contributed by atoms with Gasteiger partial charge in [-0.1, -0.05) is 0 Å². The zero-order valence-corrected chi connectivity index (χ0v) is 10.6. The largest absolute Gasteiger partial charge is 0.456 e. The molecule has 0 amide bonds. The SMILES string of the molecule is CCOC(CCc1ccc2c(n1)COC2=O)OC. The Kier molecular flexibility index (Phi) is 4.28. The molecule has 0 saturated carbocycles. The van der Waals surface area contributed by atoms with Gasteiger partial charge in [-0.25, -0.2) is 4.79 Å². The molecule has 0 fully saturated rings. The third-order valence-corrected chi connectivity index (χ3v) is 2.84. The van der Waals surface area contributed by atoms with Gasteiger partial charge in [-0.15, -0.1) is 0 Å². The third kappa shape index (κ3) is 2.86. The van der Waals surface area contributed by atoms with Crippen molar-refractivity contribution in [2.45, 2.75) is 32.7 Å². The molecule has 5 nitrogen and oxygen atoms in total. The van der Waals surface area contributed by atoms with Crippen molar-refractivity contribution in [3.05, 3.63) is 29.1 Å². The molecule has 0 spiro atoms. The molecule has 1 aromatic rings. The van der Waals surface area contributed by atoms with E-state index in [0.717, 1.165) is 24.2 Å². The first-order valence-corrected chi connectivity index (χ1v) is 6.05. The number of fused-ring (bicyclic) bond motifs is 1. The van der Waals surface area contributed by atoms with Crippen LogP contribution in [-0.4, -0.2) is 31.0 Å². The van der Waals surface area contributed by atoms with Crippen LogP contribution < -0.4 is 0 Å². The molecule has 1 atom stereocenters. The van der Waals surface area contributed by atoms with Crippen LogP contribution in [0.4, 0.5) is 0 Å². The molecule has 98 valence electrons. The number of nitrogens with zero attached hydrogens (tertiary/aromatic N) is 1. The van der Waals surface area contributed by atoms with Crippen molar-refractivity contribution in [2.24, 2.45) is 0 Å². The number of ether oxygens (including phenoxy) is 3. The van der Waals surface area contributed by atoms with Crippen LogP contribution in [0.1, 0.15) is 35.1 Å². The van der Waals surface area contributed by atoms with Gasteiger partial charge in [0.1, 0.15) is 6.61 Å². The van der Waals surface area contributed by atoms with Crippen molar-refractivity contribution in [3.63, 3.8) is 0 Å². The zero-order valence-electron chi connectivity index (χ0n) is 10.6. The minimum Gasteiger partial charge on any atom is -0.456 e. The second kappa shape index (κ2) is 5.93. The first kappa shape index (κ1) is 13.0. The van der Waals surface area contributed by atoms with Crippen LogP contribution in [0.3, 0.4) is 0 Å². The maximum Gasteiger partial charge on any atom is 0.340 e. The lowest BCUT2D eigenvalue weighted by molar-refractivity contribution is -0.123. The average molecular weight is 251 g/mol. The number of hydrogen-bond acceptors (Lipinski definition) is 5. The smallest absolute Gasteiger partial charge is 0.340 e. The average Bonchev–Trinajstić information content (AvgIpc) is 2.76. The second-order valence-electron chi connectivity index (χ2n) is 4.03. The molecule has 0 saturated heterocycles. The van der Waals surface area contributed by atoms with E-state index >= 15 is 0 Å². The monoisotopic (exact) mass is 251 g/mol. The van der Waals surface area contributed by atoms with E-state index < -0.39 is 0 Å². The molecule has 2 rings (SSSR count). The second-order valence-corrected chi connectivity index (χ2v) is 4.03. The molecule has 0 radical (unpaired) electrons. The van der Waals surface area contributed by atoms with Crippen LogP contribution >= 0.6 is 0 Å². The van der Waals surface area contributed by atoms with Crippen molar-refractivity contribution in [1.29, 1.82) is 0 Å². The van der Waals surface area contributed by atoms with Crippen molar-refractivity contribution in [3.8, 4) is 0 Å². The van der Waals surface area contributed by atoms with Crippen LogP contribution in [-0.2, 0) is 27.2 Å². The van der Waals surface area contributed by atoms with E-state index in [-0.39, 0.29) is 18.9 Å². The summed E-state index contributed by atoms with van der Waals surface area (Å²) in [6.07, 6.45) is 1.29. The Balaban J connectivity index is 1.96. The standard InChI is InChI=1S/C13H17NO4/c1-3-17-12(16-2)7-5-9-4-6-10-11(14-9)8-18-13(10)15/h4,6,12H,3,5,7-8H2,1-2H3. The molecule has 1 aromatic heterocycles.